The largest absolute Gasteiger partial charge is 0.490 e. The summed E-state index contributed by atoms with van der Waals surface area (Å²) >= 11 is 0. The maximum atomic E-state index is 11.7. The third-order valence-electron chi connectivity index (χ3n) is 2.95. The van der Waals surface area contributed by atoms with Gasteiger partial charge in [-0.15, -0.1) is 0 Å². The molecule has 10 heteroatoms. The van der Waals surface area contributed by atoms with E-state index in [-0.39, 0.29) is 5.97 Å². The van der Waals surface area contributed by atoms with Crippen molar-refractivity contribution >= 4 is 17.9 Å². The molecule has 7 nitrogen and oxygen atoms in total. The first-order valence-electron chi connectivity index (χ1n) is 7.63. The Balaban J connectivity index is 0.000000821. The second kappa shape index (κ2) is 9.91. The van der Waals surface area contributed by atoms with Gasteiger partial charge in [0, 0.05) is 0 Å². The first kappa shape index (κ1) is 24.4. The molecule has 0 radical (unpaired) electrons. The Kier molecular flexibility index (Phi) is 8.95. The van der Waals surface area contributed by atoms with Crippen LogP contribution in [0.15, 0.2) is 24.3 Å². The summed E-state index contributed by atoms with van der Waals surface area (Å²) in [5.41, 5.74) is 6.00. The fourth-order valence-electron chi connectivity index (χ4n) is 1.44. The van der Waals surface area contributed by atoms with Gasteiger partial charge in [-0.2, -0.15) is 13.2 Å². The quantitative estimate of drug-likeness (QED) is 0.596. The van der Waals surface area contributed by atoms with Gasteiger partial charge in [0.25, 0.3) is 0 Å². The van der Waals surface area contributed by atoms with Crippen molar-refractivity contribution in [2.24, 2.45) is 11.1 Å². The van der Waals surface area contributed by atoms with E-state index in [9.17, 15) is 22.8 Å². The van der Waals surface area contributed by atoms with Gasteiger partial charge >= 0.3 is 24.1 Å². The summed E-state index contributed by atoms with van der Waals surface area (Å²) in [7, 11) is 1.30. The number of carboxylic acid groups (broad SMARTS) is 1. The Morgan fingerprint density at radius 1 is 1.11 bits per heavy atom. The van der Waals surface area contributed by atoms with Crippen LogP contribution in [0.4, 0.5) is 13.2 Å². The lowest BCUT2D eigenvalue weighted by Crippen LogP contribution is -2.33. The van der Waals surface area contributed by atoms with Gasteiger partial charge in [-0.25, -0.2) is 4.79 Å². The molecule has 0 aromatic heterocycles. The van der Waals surface area contributed by atoms with E-state index in [0.717, 1.165) is 5.56 Å². The average Bonchev–Trinajstić information content (AvgIpc) is 2.54. The van der Waals surface area contributed by atoms with E-state index < -0.39 is 29.6 Å². The topological polar surface area (TPSA) is 116 Å². The molecule has 1 rings (SSSR count). The van der Waals surface area contributed by atoms with Crippen LogP contribution in [0.2, 0.25) is 0 Å². The minimum Gasteiger partial charge on any atom is -0.475 e. The van der Waals surface area contributed by atoms with Crippen molar-refractivity contribution < 1.29 is 42.1 Å². The number of carbonyl (C=O) groups excluding carboxylic acids is 2. The molecule has 152 valence electrons. The second-order valence-electron chi connectivity index (χ2n) is 6.42. The molecular weight excluding hydrogens is 371 g/mol. The fourth-order valence-corrected chi connectivity index (χ4v) is 1.44. The fraction of sp³-hybridized carbons (Fsp3) is 0.471. The van der Waals surface area contributed by atoms with Crippen LogP contribution in [0.5, 0.6) is 5.75 Å². The van der Waals surface area contributed by atoms with E-state index in [4.69, 9.17) is 20.4 Å². The highest BCUT2D eigenvalue weighted by molar-refractivity contribution is 5.78. The third-order valence-corrected chi connectivity index (χ3v) is 2.95. The number of hydrogen-bond donors (Lipinski definition) is 2. The molecule has 0 heterocycles. The standard InChI is InChI=1S/C15H21NO4.C2HF3O2/c1-15(2,3)14(18)20-11-7-5-10(6-8-11)9-12(16)13(17)19-4;3-2(4,5)1(6)7/h5-8,12H,9,16H2,1-4H3;(H,6,7). The molecule has 0 aliphatic rings. The first-order chi connectivity index (χ1) is 12.2. The number of methoxy groups -OCH3 is 1. The number of halogens is 3. The van der Waals surface area contributed by atoms with Crippen LogP contribution in [0.1, 0.15) is 26.3 Å². The molecule has 3 N–H and O–H groups in total. The molecule has 1 aromatic rings. The Morgan fingerprint density at radius 2 is 1.56 bits per heavy atom. The van der Waals surface area contributed by atoms with Crippen LogP contribution >= 0.6 is 0 Å². The molecule has 27 heavy (non-hydrogen) atoms. The van der Waals surface area contributed by atoms with Crippen LogP contribution < -0.4 is 10.5 Å². The van der Waals surface area contributed by atoms with Crippen molar-refractivity contribution in [3.63, 3.8) is 0 Å². The predicted octanol–water partition coefficient (Wildman–Crippen LogP) is 2.31. The lowest BCUT2D eigenvalue weighted by atomic mass is 9.97. The van der Waals surface area contributed by atoms with Gasteiger partial charge in [-0.1, -0.05) is 12.1 Å². The molecule has 0 aliphatic carbocycles. The summed E-state index contributed by atoms with van der Waals surface area (Å²) in [6, 6.07) is 6.22. The summed E-state index contributed by atoms with van der Waals surface area (Å²) in [6.45, 7) is 5.37. The molecule has 0 spiro atoms. The normalized spacial score (nSPS) is 12.3. The SMILES string of the molecule is COC(=O)C(N)Cc1ccc(OC(=O)C(C)(C)C)cc1.O=C(O)C(F)(F)F. The van der Waals surface area contributed by atoms with Crippen LogP contribution in [-0.2, 0) is 25.5 Å². The number of carboxylic acids is 1. The van der Waals surface area contributed by atoms with E-state index in [1.54, 1.807) is 45.0 Å². The van der Waals surface area contributed by atoms with Gasteiger partial charge in [0.1, 0.15) is 11.8 Å². The molecule has 0 bridgehead atoms. The molecule has 0 amide bonds. The van der Waals surface area contributed by atoms with Gasteiger partial charge < -0.3 is 20.3 Å². The summed E-state index contributed by atoms with van der Waals surface area (Å²) in [6.07, 6.45) is -4.71. The molecule has 0 fully saturated rings. The number of carbonyl (C=O) groups is 3. The second-order valence-corrected chi connectivity index (χ2v) is 6.42. The number of alkyl halides is 3. The molecule has 0 saturated carbocycles. The van der Waals surface area contributed by atoms with Crippen LogP contribution in [-0.4, -0.2) is 42.3 Å². The van der Waals surface area contributed by atoms with E-state index >= 15 is 0 Å². The third kappa shape index (κ3) is 9.59. The Hall–Kier alpha value is -2.62. The highest BCUT2D eigenvalue weighted by Crippen LogP contribution is 2.20. The van der Waals surface area contributed by atoms with E-state index in [1.807, 2.05) is 0 Å². The minimum atomic E-state index is -5.08. The van der Waals surface area contributed by atoms with E-state index in [2.05, 4.69) is 4.74 Å². The minimum absolute atomic E-state index is 0.295. The summed E-state index contributed by atoms with van der Waals surface area (Å²) in [5.74, 6) is -3.03. The molecule has 1 aromatic carbocycles. The van der Waals surface area contributed by atoms with Crippen molar-refractivity contribution in [2.75, 3.05) is 7.11 Å². The molecule has 1 unspecified atom stereocenters. The number of rotatable bonds is 4. The summed E-state index contributed by atoms with van der Waals surface area (Å²) < 4.78 is 41.5. The zero-order chi connectivity index (χ0) is 21.4. The first-order valence-corrected chi connectivity index (χ1v) is 7.63. The lowest BCUT2D eigenvalue weighted by Gasteiger charge is -2.16. The molecule has 0 aliphatic heterocycles. The maximum Gasteiger partial charge on any atom is 0.490 e. The van der Waals surface area contributed by atoms with Gasteiger partial charge in [-0.3, -0.25) is 9.59 Å². The Labute approximate surface area is 154 Å². The van der Waals surface area contributed by atoms with Gasteiger partial charge in [0.15, 0.2) is 0 Å². The van der Waals surface area contributed by atoms with Crippen molar-refractivity contribution in [3.8, 4) is 5.75 Å². The van der Waals surface area contributed by atoms with E-state index in [0.29, 0.717) is 12.2 Å². The highest BCUT2D eigenvalue weighted by Gasteiger charge is 2.38. The van der Waals surface area contributed by atoms with Crippen LogP contribution in [0.25, 0.3) is 0 Å². The number of ether oxygens (including phenoxy) is 2. The van der Waals surface area contributed by atoms with Gasteiger partial charge in [-0.05, 0) is 44.9 Å². The number of benzene rings is 1. The number of esters is 2. The molecule has 0 saturated heterocycles. The lowest BCUT2D eigenvalue weighted by molar-refractivity contribution is -0.192. The number of nitrogens with two attached hydrogens (primary N) is 1. The van der Waals surface area contributed by atoms with Crippen molar-refractivity contribution in [1.82, 2.24) is 0 Å². The van der Waals surface area contributed by atoms with Crippen LogP contribution in [0.3, 0.4) is 0 Å². The number of hydrogen-bond acceptors (Lipinski definition) is 6. The Bertz CT molecular complexity index is 650. The highest BCUT2D eigenvalue weighted by atomic mass is 19.4. The molecular formula is C17H22F3NO6. The predicted molar refractivity (Wildman–Crippen MR) is 88.9 cm³/mol. The summed E-state index contributed by atoms with van der Waals surface area (Å²) in [4.78, 5) is 31.8. The van der Waals surface area contributed by atoms with Crippen LogP contribution in [0, 0.1) is 5.41 Å². The molecule has 1 atom stereocenters. The van der Waals surface area contributed by atoms with Crippen molar-refractivity contribution in [3.05, 3.63) is 29.8 Å². The van der Waals surface area contributed by atoms with E-state index in [1.165, 1.54) is 7.11 Å². The van der Waals surface area contributed by atoms with Crippen molar-refractivity contribution in [2.45, 2.75) is 39.4 Å². The smallest absolute Gasteiger partial charge is 0.475 e. The summed E-state index contributed by atoms with van der Waals surface area (Å²) in [5, 5.41) is 7.12. The Morgan fingerprint density at radius 3 is 1.89 bits per heavy atom. The van der Waals surface area contributed by atoms with Gasteiger partial charge in [0.2, 0.25) is 0 Å². The maximum absolute atomic E-state index is 11.7. The van der Waals surface area contributed by atoms with Gasteiger partial charge in [0.05, 0.1) is 12.5 Å². The zero-order valence-corrected chi connectivity index (χ0v) is 15.3. The monoisotopic (exact) mass is 393 g/mol. The number of aliphatic carboxylic acids is 1. The zero-order valence-electron chi connectivity index (χ0n) is 15.3. The van der Waals surface area contributed by atoms with Crippen molar-refractivity contribution in [1.29, 1.82) is 0 Å². The average molecular weight is 393 g/mol.